The topological polar surface area (TPSA) is 74.7 Å². The van der Waals surface area contributed by atoms with Gasteiger partial charge >= 0.3 is 29.6 Å². The van der Waals surface area contributed by atoms with E-state index >= 15 is 4.39 Å². The minimum Gasteiger partial charge on any atom is -0.550 e. The first-order valence-electron chi connectivity index (χ1n) is 15.8. The van der Waals surface area contributed by atoms with Crippen LogP contribution >= 0.6 is 0 Å². The zero-order valence-electron chi connectivity index (χ0n) is 26.6. The molecule has 1 saturated heterocycles. The van der Waals surface area contributed by atoms with Crippen molar-refractivity contribution < 1.29 is 53.3 Å². The van der Waals surface area contributed by atoms with Crippen LogP contribution in [-0.4, -0.2) is 35.0 Å². The van der Waals surface area contributed by atoms with E-state index in [1.807, 2.05) is 6.07 Å². The van der Waals surface area contributed by atoms with Crippen LogP contribution < -0.4 is 44.1 Å². The Morgan fingerprint density at radius 3 is 2.50 bits per heavy atom. The Hall–Kier alpha value is -2.45. The number of hydrogen-bond acceptors (Lipinski definition) is 6. The van der Waals surface area contributed by atoms with Gasteiger partial charge in [-0.05, 0) is 98.1 Å². The Kier molecular flexibility index (Phi) is 10.4. The van der Waals surface area contributed by atoms with Crippen molar-refractivity contribution in [1.82, 2.24) is 9.88 Å². The molecule has 1 unspecified atom stereocenters. The van der Waals surface area contributed by atoms with Gasteiger partial charge in [0.05, 0.1) is 13.3 Å². The van der Waals surface area contributed by atoms with Crippen molar-refractivity contribution in [2.75, 3.05) is 7.11 Å². The van der Waals surface area contributed by atoms with Crippen molar-refractivity contribution in [3.05, 3.63) is 76.7 Å². The number of carboxylic acids is 1. The van der Waals surface area contributed by atoms with Crippen LogP contribution in [0.25, 0.3) is 11.1 Å². The van der Waals surface area contributed by atoms with E-state index in [4.69, 9.17) is 9.47 Å². The van der Waals surface area contributed by atoms with Gasteiger partial charge in [0.25, 0.3) is 0 Å². The van der Waals surface area contributed by atoms with E-state index in [9.17, 15) is 9.90 Å². The number of carbonyl (C=O) groups excluding carboxylic acids is 1. The minimum absolute atomic E-state index is 0. The summed E-state index contributed by atoms with van der Waals surface area (Å²) in [5, 5.41) is 11.8. The molecule has 3 aliphatic rings. The normalized spacial score (nSPS) is 23.1. The van der Waals surface area contributed by atoms with E-state index in [0.29, 0.717) is 36.0 Å². The molecule has 1 aliphatic carbocycles. The van der Waals surface area contributed by atoms with Gasteiger partial charge in [-0.2, -0.15) is 0 Å². The molecule has 0 bridgehead atoms. The number of benzene rings is 2. The number of aliphatic carboxylic acids is 1. The van der Waals surface area contributed by atoms with Gasteiger partial charge in [0.15, 0.2) is 0 Å². The van der Waals surface area contributed by atoms with Crippen LogP contribution in [-0.2, 0) is 17.8 Å². The number of aromatic nitrogens is 1. The quantitative estimate of drug-likeness (QED) is 0.346. The molecule has 3 aromatic rings. The molecule has 1 saturated carbocycles. The molecule has 0 N–H and O–H groups in total. The maximum absolute atomic E-state index is 15.2. The molecule has 228 valence electrons. The monoisotopic (exact) mass is 608 g/mol. The van der Waals surface area contributed by atoms with Crippen LogP contribution in [0, 0.1) is 17.7 Å². The average Bonchev–Trinajstić information content (AvgIpc) is 3.84. The fraction of sp³-hybridized carbons (Fsp3) is 0.500. The van der Waals surface area contributed by atoms with Gasteiger partial charge in [0.1, 0.15) is 17.7 Å². The number of piperidine rings is 1. The summed E-state index contributed by atoms with van der Waals surface area (Å²) < 4.78 is 27.2. The van der Waals surface area contributed by atoms with E-state index < -0.39 is 11.9 Å². The number of halogens is 1. The Bertz CT molecular complexity index is 1480. The Labute approximate surface area is 282 Å². The summed E-state index contributed by atoms with van der Waals surface area (Å²) in [5.41, 5.74) is 5.62. The third-order valence-corrected chi connectivity index (χ3v) is 10.0. The molecular weight excluding hydrogens is 566 g/mol. The molecule has 6 nitrogen and oxygen atoms in total. The maximum Gasteiger partial charge on any atom is 1.00 e. The number of pyridine rings is 1. The van der Waals surface area contributed by atoms with Crippen molar-refractivity contribution >= 4 is 5.97 Å². The second-order valence-corrected chi connectivity index (χ2v) is 12.9. The van der Waals surface area contributed by atoms with Gasteiger partial charge in [-0.1, -0.05) is 43.7 Å². The second kappa shape index (κ2) is 13.9. The van der Waals surface area contributed by atoms with Gasteiger partial charge < -0.3 is 19.4 Å². The summed E-state index contributed by atoms with van der Waals surface area (Å²) in [6, 6.07) is 15.1. The molecule has 5 atom stereocenters. The fourth-order valence-corrected chi connectivity index (χ4v) is 7.33. The van der Waals surface area contributed by atoms with E-state index in [1.165, 1.54) is 12.6 Å². The number of carbonyl (C=O) groups is 1. The van der Waals surface area contributed by atoms with Gasteiger partial charge in [-0.3, -0.25) is 4.90 Å². The Balaban J connectivity index is 0.00000384. The van der Waals surface area contributed by atoms with E-state index in [-0.39, 0.29) is 47.4 Å². The van der Waals surface area contributed by atoms with Crippen LogP contribution in [0.4, 0.5) is 4.39 Å². The molecule has 2 aliphatic heterocycles. The second-order valence-electron chi connectivity index (χ2n) is 12.9. The maximum atomic E-state index is 15.2. The molecule has 0 spiro atoms. The number of fused-ring (bicyclic) bond motifs is 1. The minimum atomic E-state index is -0.998. The van der Waals surface area contributed by atoms with Crippen LogP contribution in [0.15, 0.2) is 48.7 Å². The SMILES string of the molecule is COc1cc(-c2ccc(C3CCc4ccc([C@H](C5CC5)[C@H](C)C(=O)[O-])cc4O3)cc2CN2[C@H](C)CCC[C@@H]2C)c(F)cn1.[Na+]. The summed E-state index contributed by atoms with van der Waals surface area (Å²) in [4.78, 5) is 18.4. The van der Waals surface area contributed by atoms with Gasteiger partial charge in [-0.25, -0.2) is 9.37 Å². The first-order valence-corrected chi connectivity index (χ1v) is 15.8. The standard InChI is InChI=1S/C36H43FN2O4.Na/c1-21-6-5-7-22(2)39(21)20-28-16-26(12-14-29(28)30-18-34(42-4)38-19-31(30)37)32-15-13-24-8-11-27(17-33(24)43-32)35(25-9-10-25)23(3)36(40)41;/h8,11-12,14,16-19,21-23,25,32,35H,5-7,9-10,13,15,20H2,1-4H3,(H,40,41);/q;+1/p-1/t21-,22+,23-,32?,35-;/m0./s1. The average molecular weight is 609 g/mol. The van der Waals surface area contributed by atoms with Crippen molar-refractivity contribution in [2.24, 2.45) is 11.8 Å². The molecule has 3 heterocycles. The number of ether oxygens (including phenoxy) is 2. The Morgan fingerprint density at radius 1 is 1.07 bits per heavy atom. The van der Waals surface area contributed by atoms with Crippen molar-refractivity contribution in [3.63, 3.8) is 0 Å². The number of hydrogen-bond donors (Lipinski definition) is 0. The molecule has 44 heavy (non-hydrogen) atoms. The van der Waals surface area contributed by atoms with Crippen molar-refractivity contribution in [1.29, 1.82) is 0 Å². The summed E-state index contributed by atoms with van der Waals surface area (Å²) in [5.74, 6) is -0.391. The zero-order chi connectivity index (χ0) is 30.2. The zero-order valence-corrected chi connectivity index (χ0v) is 28.6. The third kappa shape index (κ3) is 6.86. The fourth-order valence-electron chi connectivity index (χ4n) is 7.33. The molecule has 8 heteroatoms. The van der Waals surface area contributed by atoms with Crippen molar-refractivity contribution in [2.45, 2.75) is 96.4 Å². The number of aryl methyl sites for hydroxylation is 1. The number of carboxylic acid groups (broad SMARTS) is 1. The summed E-state index contributed by atoms with van der Waals surface area (Å²) in [7, 11) is 1.54. The number of methoxy groups -OCH3 is 1. The molecular formula is C36H42FN2NaO4. The van der Waals surface area contributed by atoms with E-state index in [2.05, 4.69) is 54.1 Å². The summed E-state index contributed by atoms with van der Waals surface area (Å²) in [6.07, 6.45) is 8.42. The van der Waals surface area contributed by atoms with Crippen molar-refractivity contribution in [3.8, 4) is 22.8 Å². The largest absolute Gasteiger partial charge is 1.00 e. The van der Waals surface area contributed by atoms with Gasteiger partial charge in [0, 0.05) is 42.1 Å². The van der Waals surface area contributed by atoms with Crippen LogP contribution in [0.2, 0.25) is 0 Å². The number of rotatable bonds is 9. The van der Waals surface area contributed by atoms with Crippen LogP contribution in [0.5, 0.6) is 11.6 Å². The predicted molar refractivity (Wildman–Crippen MR) is 162 cm³/mol. The Morgan fingerprint density at radius 2 is 1.82 bits per heavy atom. The molecule has 2 fully saturated rings. The van der Waals surface area contributed by atoms with Gasteiger partial charge in [-0.15, -0.1) is 0 Å². The number of likely N-dealkylation sites (tertiary alicyclic amines) is 1. The third-order valence-electron chi connectivity index (χ3n) is 10.0. The molecule has 1 aromatic heterocycles. The first-order chi connectivity index (χ1) is 20.7. The van der Waals surface area contributed by atoms with Crippen LogP contribution in [0.3, 0.4) is 0 Å². The summed E-state index contributed by atoms with van der Waals surface area (Å²) in [6.45, 7) is 7.04. The predicted octanol–water partition coefficient (Wildman–Crippen LogP) is 3.61. The summed E-state index contributed by atoms with van der Waals surface area (Å²) >= 11 is 0. The molecule has 0 amide bonds. The molecule has 0 radical (unpaired) electrons. The smallest absolute Gasteiger partial charge is 0.550 e. The van der Waals surface area contributed by atoms with E-state index in [0.717, 1.165) is 72.1 Å². The van der Waals surface area contributed by atoms with Gasteiger partial charge in [0.2, 0.25) is 5.88 Å². The number of nitrogens with zero attached hydrogens (tertiary/aromatic N) is 2. The first kappa shape index (κ1) is 32.9. The molecule has 2 aromatic carbocycles. The van der Waals surface area contributed by atoms with E-state index in [1.54, 1.807) is 20.1 Å². The molecule has 6 rings (SSSR count). The van der Waals surface area contributed by atoms with Crippen LogP contribution in [0.1, 0.15) is 93.6 Å².